The Bertz CT molecular complexity index is 826. The molecule has 0 atom stereocenters. The molecule has 0 aromatic carbocycles. The van der Waals surface area contributed by atoms with Crippen molar-refractivity contribution >= 4 is 5.82 Å². The maximum absolute atomic E-state index is 12.6. The summed E-state index contributed by atoms with van der Waals surface area (Å²) in [6.07, 6.45) is -3.85. The Morgan fingerprint density at radius 1 is 1.15 bits per heavy atom. The largest absolute Gasteiger partial charge is 0.417 e. The van der Waals surface area contributed by atoms with Gasteiger partial charge in [-0.3, -0.25) is 9.36 Å². The lowest BCUT2D eigenvalue weighted by Gasteiger charge is -2.33. The highest BCUT2D eigenvalue weighted by Gasteiger charge is 2.31. The van der Waals surface area contributed by atoms with Gasteiger partial charge in [0.05, 0.1) is 11.9 Å². The molecule has 5 nitrogen and oxygen atoms in total. The van der Waals surface area contributed by atoms with Gasteiger partial charge < -0.3 is 4.90 Å². The average molecular weight is 388 g/mol. The highest BCUT2D eigenvalue weighted by Crippen LogP contribution is 2.30. The zero-order chi connectivity index (χ0) is 19.6. The summed E-state index contributed by atoms with van der Waals surface area (Å²) in [4.78, 5) is 21.3. The predicted octanol–water partition coefficient (Wildman–Crippen LogP) is 3.51. The lowest BCUT2D eigenvalue weighted by atomic mass is 9.96. The summed E-state index contributed by atoms with van der Waals surface area (Å²) < 4.78 is 64.2. The first-order valence-electron chi connectivity index (χ1n) is 8.37. The molecule has 146 valence electrons. The van der Waals surface area contributed by atoms with E-state index in [9.17, 15) is 26.7 Å². The Kier molecular flexibility index (Phi) is 5.43. The van der Waals surface area contributed by atoms with Crippen LogP contribution in [0.25, 0.3) is 0 Å². The molecule has 0 spiro atoms. The van der Waals surface area contributed by atoms with Crippen LogP contribution in [0.1, 0.15) is 30.5 Å². The minimum absolute atomic E-state index is 0.146. The van der Waals surface area contributed by atoms with E-state index in [1.54, 1.807) is 0 Å². The van der Waals surface area contributed by atoms with Gasteiger partial charge >= 0.3 is 6.18 Å². The van der Waals surface area contributed by atoms with Gasteiger partial charge in [-0.25, -0.2) is 18.7 Å². The SMILES string of the molecule is O=c1cc(C(F)F)ncn1CC1CCN(c2ccc(C(F)(F)F)cn2)CC1. The second kappa shape index (κ2) is 7.61. The molecule has 0 unspecified atom stereocenters. The van der Waals surface area contributed by atoms with Crippen molar-refractivity contribution in [1.82, 2.24) is 14.5 Å². The fourth-order valence-corrected chi connectivity index (χ4v) is 3.06. The van der Waals surface area contributed by atoms with Gasteiger partial charge in [0.25, 0.3) is 12.0 Å². The number of anilines is 1. The van der Waals surface area contributed by atoms with Gasteiger partial charge in [-0.2, -0.15) is 13.2 Å². The van der Waals surface area contributed by atoms with Crippen LogP contribution in [0.2, 0.25) is 0 Å². The van der Waals surface area contributed by atoms with Crippen molar-refractivity contribution in [3.8, 4) is 0 Å². The first-order valence-corrected chi connectivity index (χ1v) is 8.37. The zero-order valence-electron chi connectivity index (χ0n) is 14.2. The number of pyridine rings is 1. The highest BCUT2D eigenvalue weighted by atomic mass is 19.4. The van der Waals surface area contributed by atoms with Crippen LogP contribution >= 0.6 is 0 Å². The van der Waals surface area contributed by atoms with Crippen LogP contribution in [0.15, 0.2) is 35.5 Å². The second-order valence-electron chi connectivity index (χ2n) is 6.44. The Hall–Kier alpha value is -2.52. The van der Waals surface area contributed by atoms with Crippen LogP contribution in [-0.4, -0.2) is 27.6 Å². The molecular weight excluding hydrogens is 371 g/mol. The van der Waals surface area contributed by atoms with Gasteiger partial charge in [0.2, 0.25) is 0 Å². The van der Waals surface area contributed by atoms with E-state index in [0.29, 0.717) is 38.3 Å². The van der Waals surface area contributed by atoms with Crippen LogP contribution in [-0.2, 0) is 12.7 Å². The van der Waals surface area contributed by atoms with Gasteiger partial charge in [-0.1, -0.05) is 0 Å². The van der Waals surface area contributed by atoms with Crippen LogP contribution in [0, 0.1) is 5.92 Å². The fraction of sp³-hybridized carbons (Fsp3) is 0.471. The molecule has 3 heterocycles. The summed E-state index contributed by atoms with van der Waals surface area (Å²) in [6, 6.07) is 3.19. The molecule has 0 saturated carbocycles. The minimum Gasteiger partial charge on any atom is -0.357 e. The maximum Gasteiger partial charge on any atom is 0.417 e. The first-order chi connectivity index (χ1) is 12.7. The molecule has 2 aromatic rings. The molecule has 3 rings (SSSR count). The summed E-state index contributed by atoms with van der Waals surface area (Å²) in [5.74, 6) is 0.620. The number of halogens is 5. The second-order valence-corrected chi connectivity index (χ2v) is 6.44. The molecule has 1 aliphatic heterocycles. The number of aromatic nitrogens is 3. The van der Waals surface area contributed by atoms with E-state index in [1.807, 2.05) is 4.90 Å². The van der Waals surface area contributed by atoms with Crippen molar-refractivity contribution in [2.45, 2.75) is 32.0 Å². The Morgan fingerprint density at radius 2 is 1.85 bits per heavy atom. The molecule has 27 heavy (non-hydrogen) atoms. The van der Waals surface area contributed by atoms with Crippen molar-refractivity contribution in [3.63, 3.8) is 0 Å². The van der Waals surface area contributed by atoms with Gasteiger partial charge in [0, 0.05) is 31.9 Å². The van der Waals surface area contributed by atoms with E-state index in [4.69, 9.17) is 0 Å². The van der Waals surface area contributed by atoms with Crippen LogP contribution in [0.4, 0.5) is 27.8 Å². The normalized spacial score (nSPS) is 16.1. The molecule has 0 N–H and O–H groups in total. The summed E-state index contributed by atoms with van der Waals surface area (Å²) in [7, 11) is 0. The Balaban J connectivity index is 1.58. The summed E-state index contributed by atoms with van der Waals surface area (Å²) in [6.45, 7) is 1.53. The van der Waals surface area contributed by atoms with Crippen molar-refractivity contribution in [1.29, 1.82) is 0 Å². The standard InChI is InChI=1S/C17H17F5N4O/c18-16(19)13-7-15(27)26(10-24-13)9-11-3-5-25(6-4-11)14-2-1-12(8-23-14)17(20,21)22/h1-2,7-8,10-11,16H,3-6,9H2. The van der Waals surface area contributed by atoms with E-state index in [0.717, 1.165) is 24.7 Å². The molecule has 0 radical (unpaired) electrons. The van der Waals surface area contributed by atoms with E-state index < -0.39 is 29.4 Å². The molecule has 0 bridgehead atoms. The Labute approximate surface area is 151 Å². The molecule has 1 aliphatic rings. The number of alkyl halides is 5. The molecule has 0 aliphatic carbocycles. The lowest BCUT2D eigenvalue weighted by molar-refractivity contribution is -0.137. The first kappa shape index (κ1) is 19.2. The highest BCUT2D eigenvalue weighted by molar-refractivity contribution is 5.40. The van der Waals surface area contributed by atoms with Crippen LogP contribution in [0.3, 0.4) is 0 Å². The predicted molar refractivity (Wildman–Crippen MR) is 87.6 cm³/mol. The van der Waals surface area contributed by atoms with Gasteiger partial charge in [0.15, 0.2) is 0 Å². The van der Waals surface area contributed by atoms with E-state index in [-0.39, 0.29) is 5.92 Å². The van der Waals surface area contributed by atoms with Crippen LogP contribution < -0.4 is 10.5 Å². The zero-order valence-corrected chi connectivity index (χ0v) is 14.2. The Morgan fingerprint density at radius 3 is 2.37 bits per heavy atom. The molecule has 1 fully saturated rings. The van der Waals surface area contributed by atoms with Gasteiger partial charge in [0.1, 0.15) is 11.5 Å². The van der Waals surface area contributed by atoms with Crippen molar-refractivity contribution in [3.05, 3.63) is 52.3 Å². The third-order valence-corrected chi connectivity index (χ3v) is 4.59. The number of piperidine rings is 1. The molecule has 2 aromatic heterocycles. The fourth-order valence-electron chi connectivity index (χ4n) is 3.06. The van der Waals surface area contributed by atoms with E-state index in [1.165, 1.54) is 10.6 Å². The van der Waals surface area contributed by atoms with E-state index >= 15 is 0 Å². The monoisotopic (exact) mass is 388 g/mol. The molecule has 1 saturated heterocycles. The third-order valence-electron chi connectivity index (χ3n) is 4.59. The van der Waals surface area contributed by atoms with Crippen LogP contribution in [0.5, 0.6) is 0 Å². The van der Waals surface area contributed by atoms with Crippen molar-refractivity contribution in [2.24, 2.45) is 5.92 Å². The third kappa shape index (κ3) is 4.61. The summed E-state index contributed by atoms with van der Waals surface area (Å²) in [5.41, 5.74) is -1.85. The number of rotatable bonds is 4. The lowest BCUT2D eigenvalue weighted by Crippen LogP contribution is -2.36. The average Bonchev–Trinajstić information content (AvgIpc) is 2.63. The van der Waals surface area contributed by atoms with Crippen molar-refractivity contribution in [2.75, 3.05) is 18.0 Å². The van der Waals surface area contributed by atoms with E-state index in [2.05, 4.69) is 9.97 Å². The molecule has 0 amide bonds. The van der Waals surface area contributed by atoms with Gasteiger partial charge in [-0.15, -0.1) is 0 Å². The minimum atomic E-state index is -4.42. The topological polar surface area (TPSA) is 51.0 Å². The quantitative estimate of drug-likeness (QED) is 0.753. The molecule has 10 heteroatoms. The van der Waals surface area contributed by atoms with Crippen molar-refractivity contribution < 1.29 is 22.0 Å². The molecular formula is C17H17F5N4O. The number of hydrogen-bond acceptors (Lipinski definition) is 4. The summed E-state index contributed by atoms with van der Waals surface area (Å²) >= 11 is 0. The number of hydrogen-bond donors (Lipinski definition) is 0. The smallest absolute Gasteiger partial charge is 0.357 e. The maximum atomic E-state index is 12.6. The van der Waals surface area contributed by atoms with Gasteiger partial charge in [-0.05, 0) is 30.9 Å². The number of nitrogens with zero attached hydrogens (tertiary/aromatic N) is 4. The summed E-state index contributed by atoms with van der Waals surface area (Å²) in [5, 5.41) is 0.